The number of nitrogens with zero attached hydrogens (tertiary/aromatic N) is 3. The zero-order valence-electron chi connectivity index (χ0n) is 15.6. The Hall–Kier alpha value is -2.48. The largest absolute Gasteiger partial charge is 0.379 e. The number of hydrogen-bond donors (Lipinski definition) is 2. The van der Waals surface area contributed by atoms with Gasteiger partial charge in [-0.2, -0.15) is 5.10 Å². The van der Waals surface area contributed by atoms with Crippen LogP contribution in [0.2, 0.25) is 0 Å². The van der Waals surface area contributed by atoms with Crippen molar-refractivity contribution in [2.24, 2.45) is 11.3 Å². The van der Waals surface area contributed by atoms with Crippen LogP contribution in [0.25, 0.3) is 5.65 Å². The molecular weight excluding hydrogens is 334 g/mol. The minimum Gasteiger partial charge on any atom is -0.379 e. The summed E-state index contributed by atoms with van der Waals surface area (Å²) in [4.78, 5) is 29.4. The molecule has 0 bridgehead atoms. The van der Waals surface area contributed by atoms with Gasteiger partial charge in [-0.15, -0.1) is 0 Å². The molecule has 0 radical (unpaired) electrons. The van der Waals surface area contributed by atoms with Crippen LogP contribution in [0.1, 0.15) is 36.8 Å². The Kier molecular flexibility index (Phi) is 4.95. The molecule has 1 aliphatic rings. The van der Waals surface area contributed by atoms with E-state index in [0.29, 0.717) is 36.7 Å². The summed E-state index contributed by atoms with van der Waals surface area (Å²) in [6.07, 6.45) is 3.38. The first-order chi connectivity index (χ1) is 12.3. The topological polar surface area (TPSA) is 97.6 Å². The van der Waals surface area contributed by atoms with Crippen molar-refractivity contribution in [3.8, 4) is 0 Å². The zero-order valence-corrected chi connectivity index (χ0v) is 15.6. The molecule has 0 saturated carbocycles. The second-order valence-electron chi connectivity index (χ2n) is 7.24. The van der Waals surface area contributed by atoms with Gasteiger partial charge in [0.15, 0.2) is 5.65 Å². The minimum atomic E-state index is -0.457. The third-order valence-electron chi connectivity index (χ3n) is 5.02. The number of amides is 2. The number of carbonyl (C=O) groups excluding carboxylic acids is 2. The molecule has 2 aromatic rings. The van der Waals surface area contributed by atoms with Crippen LogP contribution < -0.4 is 10.6 Å². The van der Waals surface area contributed by atoms with E-state index in [1.54, 1.807) is 29.9 Å². The molecule has 0 spiro atoms. The lowest BCUT2D eigenvalue weighted by Gasteiger charge is -2.43. The normalized spacial score (nSPS) is 17.0. The molecule has 2 N–H and O–H groups in total. The Morgan fingerprint density at radius 1 is 1.35 bits per heavy atom. The van der Waals surface area contributed by atoms with Gasteiger partial charge >= 0.3 is 0 Å². The maximum Gasteiger partial charge on any atom is 0.257 e. The van der Waals surface area contributed by atoms with Gasteiger partial charge in [-0.25, -0.2) is 9.50 Å². The van der Waals surface area contributed by atoms with Crippen molar-refractivity contribution in [1.29, 1.82) is 0 Å². The molecule has 1 fully saturated rings. The van der Waals surface area contributed by atoms with Crippen LogP contribution >= 0.6 is 0 Å². The van der Waals surface area contributed by atoms with Crippen molar-refractivity contribution in [2.75, 3.05) is 19.8 Å². The van der Waals surface area contributed by atoms with Crippen molar-refractivity contribution < 1.29 is 14.3 Å². The summed E-state index contributed by atoms with van der Waals surface area (Å²) in [5.74, 6) is -0.0669. The zero-order chi connectivity index (χ0) is 18.9. The van der Waals surface area contributed by atoms with E-state index in [9.17, 15) is 9.59 Å². The number of hydrogen-bond acceptors (Lipinski definition) is 5. The highest BCUT2D eigenvalue weighted by molar-refractivity contribution is 6.01. The van der Waals surface area contributed by atoms with Crippen LogP contribution in [0.5, 0.6) is 0 Å². The van der Waals surface area contributed by atoms with Gasteiger partial charge in [-0.3, -0.25) is 9.59 Å². The average molecular weight is 359 g/mol. The van der Waals surface area contributed by atoms with E-state index in [2.05, 4.69) is 20.7 Å². The quantitative estimate of drug-likeness (QED) is 0.800. The highest BCUT2D eigenvalue weighted by atomic mass is 16.5. The first-order valence-electron chi connectivity index (χ1n) is 8.82. The Balaban J connectivity index is 1.60. The summed E-state index contributed by atoms with van der Waals surface area (Å²) in [6.45, 7) is 8.91. The number of rotatable bonds is 6. The van der Waals surface area contributed by atoms with Gasteiger partial charge in [-0.1, -0.05) is 13.8 Å². The van der Waals surface area contributed by atoms with Crippen molar-refractivity contribution in [3.63, 3.8) is 0 Å². The van der Waals surface area contributed by atoms with Crippen LogP contribution in [-0.2, 0) is 9.53 Å². The van der Waals surface area contributed by atoms with Crippen molar-refractivity contribution >= 4 is 17.5 Å². The minimum absolute atomic E-state index is 0.0191. The van der Waals surface area contributed by atoms with E-state index in [0.717, 1.165) is 0 Å². The summed E-state index contributed by atoms with van der Waals surface area (Å²) in [5, 5.41) is 10.1. The first-order valence-corrected chi connectivity index (χ1v) is 8.82. The van der Waals surface area contributed by atoms with Gasteiger partial charge in [0.1, 0.15) is 5.56 Å². The van der Waals surface area contributed by atoms with Crippen LogP contribution in [0.4, 0.5) is 0 Å². The Morgan fingerprint density at radius 3 is 2.69 bits per heavy atom. The average Bonchev–Trinajstić information content (AvgIpc) is 2.86. The molecule has 0 aliphatic carbocycles. The molecule has 1 saturated heterocycles. The highest BCUT2D eigenvalue weighted by Crippen LogP contribution is 2.35. The number of carbonyl (C=O) groups is 2. The lowest BCUT2D eigenvalue weighted by molar-refractivity contribution is -0.172. The molecule has 8 heteroatoms. The number of aromatic nitrogens is 3. The number of aryl methyl sites for hydroxylation is 1. The van der Waals surface area contributed by atoms with E-state index in [-0.39, 0.29) is 23.8 Å². The fourth-order valence-electron chi connectivity index (χ4n) is 3.06. The molecule has 1 unspecified atom stereocenters. The Bertz CT molecular complexity index is 825. The molecule has 8 nitrogen and oxygen atoms in total. The Morgan fingerprint density at radius 2 is 2.08 bits per heavy atom. The summed E-state index contributed by atoms with van der Waals surface area (Å²) in [6, 6.07) is 1.56. The van der Waals surface area contributed by atoms with Gasteiger partial charge < -0.3 is 15.4 Å². The third-order valence-corrected chi connectivity index (χ3v) is 5.02. The summed E-state index contributed by atoms with van der Waals surface area (Å²) < 4.78 is 6.84. The molecular formula is C18H25N5O3. The molecule has 1 atom stereocenters. The van der Waals surface area contributed by atoms with Crippen LogP contribution in [0.3, 0.4) is 0 Å². The maximum absolute atomic E-state index is 12.6. The summed E-state index contributed by atoms with van der Waals surface area (Å²) in [7, 11) is 0. The van der Waals surface area contributed by atoms with Crippen LogP contribution in [0, 0.1) is 18.3 Å². The molecule has 2 aromatic heterocycles. The molecule has 2 amide bonds. The van der Waals surface area contributed by atoms with Gasteiger partial charge in [0.25, 0.3) is 5.91 Å². The van der Waals surface area contributed by atoms with Gasteiger partial charge in [0.05, 0.1) is 24.3 Å². The predicted molar refractivity (Wildman–Crippen MR) is 95.8 cm³/mol. The van der Waals surface area contributed by atoms with E-state index >= 15 is 0 Å². The molecule has 3 heterocycles. The van der Waals surface area contributed by atoms with E-state index < -0.39 is 5.41 Å². The monoisotopic (exact) mass is 359 g/mol. The number of fused-ring (bicyclic) bond motifs is 1. The van der Waals surface area contributed by atoms with E-state index in [4.69, 9.17) is 4.74 Å². The van der Waals surface area contributed by atoms with E-state index in [1.165, 1.54) is 0 Å². The lowest BCUT2D eigenvalue weighted by Crippen LogP contribution is -2.59. The fourth-order valence-corrected chi connectivity index (χ4v) is 3.06. The number of ether oxygens (including phenoxy) is 1. The molecule has 3 rings (SSSR count). The smallest absolute Gasteiger partial charge is 0.257 e. The molecule has 140 valence electrons. The van der Waals surface area contributed by atoms with Crippen LogP contribution in [-0.4, -0.2) is 52.2 Å². The third kappa shape index (κ3) is 3.16. The van der Waals surface area contributed by atoms with Gasteiger partial charge in [0, 0.05) is 25.0 Å². The fraction of sp³-hybridized carbons (Fsp3) is 0.556. The number of nitrogens with one attached hydrogen (secondary N) is 2. The Labute approximate surface area is 152 Å². The first kappa shape index (κ1) is 18.3. The summed E-state index contributed by atoms with van der Waals surface area (Å²) >= 11 is 0. The van der Waals surface area contributed by atoms with E-state index in [1.807, 2.05) is 20.8 Å². The van der Waals surface area contributed by atoms with Crippen LogP contribution in [0.15, 0.2) is 18.5 Å². The predicted octanol–water partition coefficient (Wildman–Crippen LogP) is 0.945. The van der Waals surface area contributed by atoms with Gasteiger partial charge in [-0.05, 0) is 25.8 Å². The van der Waals surface area contributed by atoms with Crippen molar-refractivity contribution in [1.82, 2.24) is 25.2 Å². The van der Waals surface area contributed by atoms with Gasteiger partial charge in [0.2, 0.25) is 5.91 Å². The molecule has 1 aliphatic heterocycles. The van der Waals surface area contributed by atoms with Crippen molar-refractivity contribution in [2.45, 2.75) is 33.7 Å². The molecule has 26 heavy (non-hydrogen) atoms. The standard InChI is InChI=1S/C18H25N5O3/c1-11(2)18(9-26-10-18)17(25)21-12(3)8-20-16(24)14-13(4)22-23-7-5-6-19-15(14)23/h5-7,11-12H,8-10H2,1-4H3,(H,20,24)(H,21,25). The highest BCUT2D eigenvalue weighted by Gasteiger charge is 2.48. The second-order valence-corrected chi connectivity index (χ2v) is 7.24. The molecule has 0 aromatic carbocycles. The van der Waals surface area contributed by atoms with Crippen molar-refractivity contribution in [3.05, 3.63) is 29.7 Å². The second kappa shape index (κ2) is 7.03. The lowest BCUT2D eigenvalue weighted by atomic mass is 9.74. The SMILES string of the molecule is Cc1nn2cccnc2c1C(=O)NCC(C)NC(=O)C1(C(C)C)COC1. The summed E-state index contributed by atoms with van der Waals surface area (Å²) in [5.41, 5.74) is 1.13. The maximum atomic E-state index is 12.6.